The average Bonchev–Trinajstić information content (AvgIpc) is 2.47. The van der Waals surface area contributed by atoms with Crippen LogP contribution in [-0.2, 0) is 14.3 Å². The standard InChI is InChI=1S/C16H31NO3/c1-5-9-14(15(18)19-8-4)17-13-10-11-20-16(6-2,7-3)12-13/h13-14,17H,5-12H2,1-4H3. The van der Waals surface area contributed by atoms with Gasteiger partial charge in [-0.05, 0) is 39.0 Å². The first kappa shape index (κ1) is 17.4. The highest BCUT2D eigenvalue weighted by Crippen LogP contribution is 2.31. The van der Waals surface area contributed by atoms with Crippen molar-refractivity contribution in [3.05, 3.63) is 0 Å². The summed E-state index contributed by atoms with van der Waals surface area (Å²) in [5, 5.41) is 3.51. The number of hydrogen-bond donors (Lipinski definition) is 1. The van der Waals surface area contributed by atoms with E-state index in [4.69, 9.17) is 9.47 Å². The largest absolute Gasteiger partial charge is 0.465 e. The molecular formula is C16H31NO3. The highest BCUT2D eigenvalue weighted by atomic mass is 16.5. The third kappa shape index (κ3) is 4.74. The fourth-order valence-corrected chi connectivity index (χ4v) is 3.00. The van der Waals surface area contributed by atoms with Crippen LogP contribution in [0.4, 0.5) is 0 Å². The van der Waals surface area contributed by atoms with Crippen molar-refractivity contribution in [2.24, 2.45) is 0 Å². The van der Waals surface area contributed by atoms with E-state index >= 15 is 0 Å². The summed E-state index contributed by atoms with van der Waals surface area (Å²) in [5.74, 6) is -0.112. The van der Waals surface area contributed by atoms with Gasteiger partial charge in [0.05, 0.1) is 12.2 Å². The third-order valence-electron chi connectivity index (χ3n) is 4.37. The first-order chi connectivity index (χ1) is 9.60. The lowest BCUT2D eigenvalue weighted by atomic mass is 9.85. The highest BCUT2D eigenvalue weighted by molar-refractivity contribution is 5.75. The Morgan fingerprint density at radius 2 is 2.05 bits per heavy atom. The van der Waals surface area contributed by atoms with E-state index in [-0.39, 0.29) is 17.6 Å². The van der Waals surface area contributed by atoms with Crippen LogP contribution in [0, 0.1) is 0 Å². The zero-order chi connectivity index (χ0) is 15.0. The van der Waals surface area contributed by atoms with E-state index in [0.29, 0.717) is 12.6 Å². The molecule has 0 aromatic carbocycles. The molecule has 1 heterocycles. The van der Waals surface area contributed by atoms with Crippen molar-refractivity contribution in [2.75, 3.05) is 13.2 Å². The molecule has 0 aromatic heterocycles. The molecule has 1 N–H and O–H groups in total. The van der Waals surface area contributed by atoms with Crippen molar-refractivity contribution in [3.63, 3.8) is 0 Å². The minimum atomic E-state index is -0.172. The van der Waals surface area contributed by atoms with E-state index in [1.54, 1.807) is 0 Å². The molecule has 0 spiro atoms. The summed E-state index contributed by atoms with van der Waals surface area (Å²) in [6.07, 6.45) is 5.83. The van der Waals surface area contributed by atoms with Crippen molar-refractivity contribution < 1.29 is 14.3 Å². The summed E-state index contributed by atoms with van der Waals surface area (Å²) in [5.41, 5.74) is -0.0126. The lowest BCUT2D eigenvalue weighted by molar-refractivity contribution is -0.147. The minimum absolute atomic E-state index is 0.0126. The molecule has 0 amide bonds. The maximum Gasteiger partial charge on any atom is 0.323 e. The number of esters is 1. The number of carbonyl (C=O) groups is 1. The van der Waals surface area contributed by atoms with Crippen LogP contribution in [0.3, 0.4) is 0 Å². The molecule has 1 aliphatic heterocycles. The van der Waals surface area contributed by atoms with Gasteiger partial charge in [0.1, 0.15) is 6.04 Å². The molecule has 2 atom stereocenters. The number of ether oxygens (including phenoxy) is 2. The molecule has 0 bridgehead atoms. The van der Waals surface area contributed by atoms with E-state index in [1.165, 1.54) is 0 Å². The van der Waals surface area contributed by atoms with Gasteiger partial charge in [-0.2, -0.15) is 0 Å². The molecule has 1 rings (SSSR count). The first-order valence-corrected chi connectivity index (χ1v) is 8.17. The number of carbonyl (C=O) groups excluding carboxylic acids is 1. The van der Waals surface area contributed by atoms with Gasteiger partial charge in [-0.25, -0.2) is 0 Å². The Bertz CT molecular complexity index is 289. The maximum atomic E-state index is 12.0. The molecule has 0 saturated carbocycles. The van der Waals surface area contributed by atoms with Crippen molar-refractivity contribution in [3.8, 4) is 0 Å². The molecular weight excluding hydrogens is 254 g/mol. The summed E-state index contributed by atoms with van der Waals surface area (Å²) in [6.45, 7) is 9.54. The summed E-state index contributed by atoms with van der Waals surface area (Å²) >= 11 is 0. The average molecular weight is 285 g/mol. The smallest absolute Gasteiger partial charge is 0.323 e. The van der Waals surface area contributed by atoms with Crippen LogP contribution < -0.4 is 5.32 Å². The lowest BCUT2D eigenvalue weighted by Gasteiger charge is -2.41. The molecule has 118 valence electrons. The molecule has 1 saturated heterocycles. The van der Waals surface area contributed by atoms with Gasteiger partial charge in [0, 0.05) is 12.6 Å². The molecule has 1 aliphatic rings. The number of rotatable bonds is 8. The van der Waals surface area contributed by atoms with E-state index in [9.17, 15) is 4.79 Å². The molecule has 2 unspecified atom stereocenters. The molecule has 4 heteroatoms. The summed E-state index contributed by atoms with van der Waals surface area (Å²) in [6, 6.07) is 0.180. The fourth-order valence-electron chi connectivity index (χ4n) is 3.00. The third-order valence-corrected chi connectivity index (χ3v) is 4.37. The van der Waals surface area contributed by atoms with Crippen molar-refractivity contribution in [1.82, 2.24) is 5.32 Å². The second kappa shape index (κ2) is 8.63. The Balaban J connectivity index is 2.61. The molecule has 20 heavy (non-hydrogen) atoms. The Morgan fingerprint density at radius 3 is 2.60 bits per heavy atom. The normalized spacial score (nSPS) is 23.3. The Kier molecular flexibility index (Phi) is 7.52. The van der Waals surface area contributed by atoms with Gasteiger partial charge < -0.3 is 14.8 Å². The molecule has 0 aliphatic carbocycles. The molecule has 1 fully saturated rings. The number of hydrogen-bond acceptors (Lipinski definition) is 4. The molecule has 4 nitrogen and oxygen atoms in total. The Morgan fingerprint density at radius 1 is 1.35 bits per heavy atom. The fraction of sp³-hybridized carbons (Fsp3) is 0.938. The van der Waals surface area contributed by atoms with Gasteiger partial charge >= 0.3 is 5.97 Å². The Hall–Kier alpha value is -0.610. The van der Waals surface area contributed by atoms with Gasteiger partial charge in [0.15, 0.2) is 0 Å². The highest BCUT2D eigenvalue weighted by Gasteiger charge is 2.36. The van der Waals surface area contributed by atoms with Crippen LogP contribution >= 0.6 is 0 Å². The van der Waals surface area contributed by atoms with Crippen molar-refractivity contribution in [1.29, 1.82) is 0 Å². The minimum Gasteiger partial charge on any atom is -0.465 e. The summed E-state index contributed by atoms with van der Waals surface area (Å²) in [7, 11) is 0. The predicted molar refractivity (Wildman–Crippen MR) is 80.8 cm³/mol. The van der Waals surface area contributed by atoms with Crippen LogP contribution in [0.5, 0.6) is 0 Å². The monoisotopic (exact) mass is 285 g/mol. The number of nitrogens with one attached hydrogen (secondary N) is 1. The van der Waals surface area contributed by atoms with Crippen LogP contribution in [0.2, 0.25) is 0 Å². The molecule has 0 aromatic rings. The zero-order valence-corrected chi connectivity index (χ0v) is 13.5. The van der Waals surface area contributed by atoms with E-state index in [0.717, 1.165) is 45.1 Å². The predicted octanol–water partition coefficient (Wildman–Crippen LogP) is 3.05. The van der Waals surface area contributed by atoms with Crippen molar-refractivity contribution in [2.45, 2.75) is 83.9 Å². The maximum absolute atomic E-state index is 12.0. The summed E-state index contributed by atoms with van der Waals surface area (Å²) < 4.78 is 11.2. The van der Waals surface area contributed by atoms with Gasteiger partial charge in [-0.15, -0.1) is 0 Å². The van der Waals surface area contributed by atoms with Crippen LogP contribution in [0.1, 0.15) is 66.2 Å². The SMILES string of the molecule is CCCC(NC1CCOC(CC)(CC)C1)C(=O)OCC. The quantitative estimate of drug-likeness (QED) is 0.696. The van der Waals surface area contributed by atoms with Gasteiger partial charge in [0.25, 0.3) is 0 Å². The van der Waals surface area contributed by atoms with Crippen molar-refractivity contribution >= 4 is 5.97 Å². The van der Waals surface area contributed by atoms with Gasteiger partial charge in [-0.1, -0.05) is 27.2 Å². The summed E-state index contributed by atoms with van der Waals surface area (Å²) in [4.78, 5) is 12.0. The van der Waals surface area contributed by atoms with Crippen LogP contribution in [0.15, 0.2) is 0 Å². The van der Waals surface area contributed by atoms with E-state index in [1.807, 2.05) is 6.92 Å². The molecule has 0 radical (unpaired) electrons. The first-order valence-electron chi connectivity index (χ1n) is 8.17. The van der Waals surface area contributed by atoms with Gasteiger partial charge in [-0.3, -0.25) is 4.79 Å². The van der Waals surface area contributed by atoms with Crippen LogP contribution in [-0.4, -0.2) is 36.9 Å². The van der Waals surface area contributed by atoms with E-state index in [2.05, 4.69) is 26.1 Å². The second-order valence-corrected chi connectivity index (χ2v) is 5.69. The zero-order valence-electron chi connectivity index (χ0n) is 13.5. The second-order valence-electron chi connectivity index (χ2n) is 5.69. The Labute approximate surface area is 123 Å². The van der Waals surface area contributed by atoms with E-state index < -0.39 is 0 Å². The topological polar surface area (TPSA) is 47.6 Å². The van der Waals surface area contributed by atoms with Gasteiger partial charge in [0.2, 0.25) is 0 Å². The lowest BCUT2D eigenvalue weighted by Crippen LogP contribution is -2.51. The van der Waals surface area contributed by atoms with Crippen LogP contribution in [0.25, 0.3) is 0 Å².